The molecule has 5 heteroatoms. The van der Waals surface area contributed by atoms with E-state index in [1.165, 1.54) is 7.11 Å². The van der Waals surface area contributed by atoms with Gasteiger partial charge in [0, 0.05) is 30.5 Å². The van der Waals surface area contributed by atoms with Gasteiger partial charge in [0.05, 0.1) is 7.11 Å². The number of carbonyl (C=O) groups is 1. The molecule has 1 N–H and O–H groups in total. The average molecular weight is 263 g/mol. The van der Waals surface area contributed by atoms with Crippen LogP contribution in [0.4, 0.5) is 5.69 Å². The number of nitrogens with one attached hydrogen (secondary N) is 1. The van der Waals surface area contributed by atoms with E-state index in [0.717, 1.165) is 25.1 Å². The first-order valence-electron chi connectivity index (χ1n) is 6.61. The van der Waals surface area contributed by atoms with Gasteiger partial charge >= 0.3 is 5.97 Å². The van der Waals surface area contributed by atoms with E-state index in [1.807, 2.05) is 6.07 Å². The van der Waals surface area contributed by atoms with Crippen molar-refractivity contribution >= 4 is 11.7 Å². The maximum Gasteiger partial charge on any atom is 0.356 e. The molecule has 0 saturated carbocycles. The van der Waals surface area contributed by atoms with Crippen molar-refractivity contribution in [3.8, 4) is 0 Å². The Bertz CT molecular complexity index is 450. The molecule has 1 aliphatic heterocycles. The van der Waals surface area contributed by atoms with E-state index in [0.29, 0.717) is 17.8 Å². The van der Waals surface area contributed by atoms with Crippen molar-refractivity contribution in [2.75, 3.05) is 26.0 Å². The fourth-order valence-electron chi connectivity index (χ4n) is 2.39. The molecule has 1 aliphatic rings. The molecule has 19 heavy (non-hydrogen) atoms. The van der Waals surface area contributed by atoms with E-state index in [9.17, 15) is 4.79 Å². The Hall–Kier alpha value is -1.62. The van der Waals surface area contributed by atoms with Gasteiger partial charge in [0.25, 0.3) is 0 Å². The lowest BCUT2D eigenvalue weighted by atomic mass is 9.99. The third kappa shape index (κ3) is 3.44. The summed E-state index contributed by atoms with van der Waals surface area (Å²) in [5, 5.41) is 3.48. The van der Waals surface area contributed by atoms with E-state index >= 15 is 0 Å². The van der Waals surface area contributed by atoms with Crippen molar-refractivity contribution in [2.45, 2.75) is 31.8 Å². The predicted molar refractivity (Wildman–Crippen MR) is 74.3 cm³/mol. The molecule has 0 radical (unpaired) electrons. The Morgan fingerprint density at radius 2 is 2.37 bits per heavy atom. The summed E-state index contributed by atoms with van der Waals surface area (Å²) < 4.78 is 4.68. The number of hydrogen-bond acceptors (Lipinski definition) is 5. The van der Waals surface area contributed by atoms with Crippen LogP contribution in [0.1, 0.15) is 30.3 Å². The molecule has 1 aromatic heterocycles. The summed E-state index contributed by atoms with van der Waals surface area (Å²) >= 11 is 0. The Labute approximate surface area is 114 Å². The van der Waals surface area contributed by atoms with Gasteiger partial charge in [-0.05, 0) is 38.9 Å². The zero-order valence-corrected chi connectivity index (χ0v) is 11.7. The zero-order chi connectivity index (χ0) is 13.8. The highest BCUT2D eigenvalue weighted by Gasteiger charge is 2.22. The van der Waals surface area contributed by atoms with Crippen LogP contribution in [0, 0.1) is 0 Å². The summed E-state index contributed by atoms with van der Waals surface area (Å²) in [6.45, 7) is 3.33. The van der Waals surface area contributed by atoms with Crippen LogP contribution >= 0.6 is 0 Å². The van der Waals surface area contributed by atoms with Crippen LogP contribution in [0.2, 0.25) is 0 Å². The summed E-state index contributed by atoms with van der Waals surface area (Å²) in [6, 6.07) is 4.65. The van der Waals surface area contributed by atoms with Crippen LogP contribution in [-0.4, -0.2) is 48.6 Å². The highest BCUT2D eigenvalue weighted by atomic mass is 16.5. The number of methoxy groups -OCH3 is 1. The minimum absolute atomic E-state index is 0.341. The molecule has 0 aromatic carbocycles. The molecule has 1 saturated heterocycles. The number of hydrogen-bond donors (Lipinski definition) is 1. The highest BCUT2D eigenvalue weighted by Crippen LogP contribution is 2.20. The SMILES string of the molecule is COC(=O)c1cc(NC2CCN(C)C(C)C2)ccn1. The molecule has 0 aliphatic carbocycles. The van der Waals surface area contributed by atoms with Crippen molar-refractivity contribution in [1.29, 1.82) is 0 Å². The Morgan fingerprint density at radius 3 is 3.05 bits per heavy atom. The molecule has 2 unspecified atom stereocenters. The second kappa shape index (κ2) is 6.02. The van der Waals surface area contributed by atoms with E-state index in [-0.39, 0.29) is 0 Å². The minimum Gasteiger partial charge on any atom is -0.464 e. The van der Waals surface area contributed by atoms with Crippen LogP contribution in [0.5, 0.6) is 0 Å². The molecular formula is C14H21N3O2. The molecular weight excluding hydrogens is 242 g/mol. The van der Waals surface area contributed by atoms with Crippen molar-refractivity contribution < 1.29 is 9.53 Å². The number of esters is 1. The predicted octanol–water partition coefficient (Wildman–Crippen LogP) is 1.76. The molecule has 2 heterocycles. The number of carbonyl (C=O) groups excluding carboxylic acids is 1. The van der Waals surface area contributed by atoms with Gasteiger partial charge in [-0.15, -0.1) is 0 Å². The standard InChI is InChI=1S/C14H21N3O2/c1-10-8-12(5-7-17(10)2)16-11-4-6-15-13(9-11)14(18)19-3/h4,6,9-10,12H,5,7-8H2,1-3H3,(H,15,16). The normalized spacial score (nSPS) is 23.9. The molecule has 1 aromatic rings. The van der Waals surface area contributed by atoms with Crippen LogP contribution in [-0.2, 0) is 4.74 Å². The maximum absolute atomic E-state index is 11.4. The lowest BCUT2D eigenvalue weighted by Crippen LogP contribution is -2.42. The first kappa shape index (κ1) is 13.8. The first-order chi connectivity index (χ1) is 9.10. The summed E-state index contributed by atoms with van der Waals surface area (Å²) in [7, 11) is 3.52. The van der Waals surface area contributed by atoms with Crippen LogP contribution in [0.15, 0.2) is 18.3 Å². The molecule has 2 atom stereocenters. The van der Waals surface area contributed by atoms with Gasteiger partial charge in [-0.2, -0.15) is 0 Å². The average Bonchev–Trinajstić information content (AvgIpc) is 2.42. The molecule has 0 bridgehead atoms. The van der Waals surface area contributed by atoms with E-state index in [2.05, 4.69) is 33.9 Å². The Kier molecular flexibility index (Phi) is 4.37. The summed E-state index contributed by atoms with van der Waals surface area (Å²) in [6.07, 6.45) is 3.84. The monoisotopic (exact) mass is 263 g/mol. The van der Waals surface area contributed by atoms with E-state index in [1.54, 1.807) is 12.3 Å². The quantitative estimate of drug-likeness (QED) is 0.842. The minimum atomic E-state index is -0.402. The highest BCUT2D eigenvalue weighted by molar-refractivity contribution is 5.88. The van der Waals surface area contributed by atoms with Crippen molar-refractivity contribution in [1.82, 2.24) is 9.88 Å². The summed E-state index contributed by atoms with van der Waals surface area (Å²) in [5.41, 5.74) is 1.27. The number of rotatable bonds is 3. The fraction of sp³-hybridized carbons (Fsp3) is 0.571. The number of likely N-dealkylation sites (tertiary alicyclic amines) is 1. The number of pyridine rings is 1. The first-order valence-corrected chi connectivity index (χ1v) is 6.61. The smallest absolute Gasteiger partial charge is 0.356 e. The third-order valence-corrected chi connectivity index (χ3v) is 3.73. The van der Waals surface area contributed by atoms with Gasteiger partial charge in [0.1, 0.15) is 5.69 Å². The van der Waals surface area contributed by atoms with Crippen molar-refractivity contribution in [3.05, 3.63) is 24.0 Å². The van der Waals surface area contributed by atoms with Gasteiger partial charge in [-0.3, -0.25) is 0 Å². The molecule has 2 rings (SSSR count). The van der Waals surface area contributed by atoms with Crippen LogP contribution in [0.25, 0.3) is 0 Å². The molecule has 0 spiro atoms. The number of nitrogens with zero attached hydrogens (tertiary/aromatic N) is 2. The van der Waals surface area contributed by atoms with Gasteiger partial charge in [-0.25, -0.2) is 9.78 Å². The Morgan fingerprint density at radius 1 is 1.58 bits per heavy atom. The summed E-state index contributed by atoms with van der Waals surface area (Å²) in [5.74, 6) is -0.402. The van der Waals surface area contributed by atoms with Gasteiger partial charge in [0.15, 0.2) is 0 Å². The molecule has 1 fully saturated rings. The van der Waals surface area contributed by atoms with Crippen molar-refractivity contribution in [2.24, 2.45) is 0 Å². The van der Waals surface area contributed by atoms with E-state index in [4.69, 9.17) is 0 Å². The molecule has 0 amide bonds. The second-order valence-corrected chi connectivity index (χ2v) is 5.12. The molecule has 5 nitrogen and oxygen atoms in total. The maximum atomic E-state index is 11.4. The topological polar surface area (TPSA) is 54.5 Å². The number of ether oxygens (including phenoxy) is 1. The zero-order valence-electron chi connectivity index (χ0n) is 11.7. The van der Waals surface area contributed by atoms with Gasteiger partial charge < -0.3 is 15.0 Å². The fourth-order valence-corrected chi connectivity index (χ4v) is 2.39. The van der Waals surface area contributed by atoms with Gasteiger partial charge in [-0.1, -0.05) is 0 Å². The number of anilines is 1. The van der Waals surface area contributed by atoms with Crippen LogP contribution in [0.3, 0.4) is 0 Å². The lowest BCUT2D eigenvalue weighted by molar-refractivity contribution is 0.0594. The van der Waals surface area contributed by atoms with Crippen molar-refractivity contribution in [3.63, 3.8) is 0 Å². The third-order valence-electron chi connectivity index (χ3n) is 3.73. The lowest BCUT2D eigenvalue weighted by Gasteiger charge is -2.35. The Balaban J connectivity index is 2.01. The largest absolute Gasteiger partial charge is 0.464 e. The van der Waals surface area contributed by atoms with Crippen LogP contribution < -0.4 is 5.32 Å². The van der Waals surface area contributed by atoms with E-state index < -0.39 is 5.97 Å². The second-order valence-electron chi connectivity index (χ2n) is 5.12. The number of aromatic nitrogens is 1. The summed E-state index contributed by atoms with van der Waals surface area (Å²) in [4.78, 5) is 17.8. The number of piperidine rings is 1. The molecule has 104 valence electrons. The van der Waals surface area contributed by atoms with Gasteiger partial charge in [0.2, 0.25) is 0 Å².